The molecule has 7 nitrogen and oxygen atoms in total. The second kappa shape index (κ2) is 11.0. The maximum atomic E-state index is 13.9. The number of nitrogens with zero attached hydrogens (tertiary/aromatic N) is 2. The number of fused-ring (bicyclic) bond motifs is 3. The Kier molecular flexibility index (Phi) is 7.53. The van der Waals surface area contributed by atoms with Crippen LogP contribution in [0.25, 0.3) is 10.9 Å². The number of amides is 1. The van der Waals surface area contributed by atoms with Gasteiger partial charge in [-0.25, -0.2) is 13.2 Å². The average Bonchev–Trinajstić information content (AvgIpc) is 3.21. The van der Waals surface area contributed by atoms with E-state index in [4.69, 9.17) is 10.5 Å². The van der Waals surface area contributed by atoms with Crippen molar-refractivity contribution in [2.24, 2.45) is 5.73 Å². The van der Waals surface area contributed by atoms with Crippen molar-refractivity contribution in [1.29, 1.82) is 0 Å². The van der Waals surface area contributed by atoms with Crippen molar-refractivity contribution in [1.82, 2.24) is 8.87 Å². The standard InChI is InChI=1S/C30H33N3O4S/c1-2-3-5-10-22-15-17-24(18-16-22)38(35,36)33-21-28-26(19-29(33)37-30(31)34)25-13-8-9-14-27(25)32(28)20-23-11-6-4-7-12-23/h4,6-9,11-18,29H,2-3,5,10,19-21H2,1H3,(H2,31,34)/t29-/m1/s1. The largest absolute Gasteiger partial charge is 0.429 e. The number of aryl methyl sites for hydroxylation is 1. The minimum absolute atomic E-state index is 0.0649. The number of hydrogen-bond acceptors (Lipinski definition) is 4. The highest BCUT2D eigenvalue weighted by molar-refractivity contribution is 7.89. The van der Waals surface area contributed by atoms with Crippen LogP contribution in [0.15, 0.2) is 83.8 Å². The molecule has 1 aliphatic rings. The summed E-state index contributed by atoms with van der Waals surface area (Å²) < 4.78 is 36.7. The molecule has 1 amide bonds. The first kappa shape index (κ1) is 26.0. The third-order valence-corrected chi connectivity index (χ3v) is 9.08. The van der Waals surface area contributed by atoms with Crippen molar-refractivity contribution in [3.05, 3.63) is 101 Å². The van der Waals surface area contributed by atoms with Crippen LogP contribution in [0.5, 0.6) is 0 Å². The normalized spacial score (nSPS) is 15.9. The van der Waals surface area contributed by atoms with Crippen LogP contribution < -0.4 is 5.73 Å². The van der Waals surface area contributed by atoms with Crippen molar-refractivity contribution in [2.45, 2.75) is 63.2 Å². The summed E-state index contributed by atoms with van der Waals surface area (Å²) in [7, 11) is -3.98. The fourth-order valence-corrected chi connectivity index (χ4v) is 6.80. The second-order valence-electron chi connectivity index (χ2n) is 9.76. The number of carbonyl (C=O) groups is 1. The van der Waals surface area contributed by atoms with Gasteiger partial charge in [0.15, 0.2) is 6.23 Å². The molecule has 1 aromatic heterocycles. The van der Waals surface area contributed by atoms with Crippen LogP contribution in [0.2, 0.25) is 0 Å². The van der Waals surface area contributed by atoms with Gasteiger partial charge in [-0.3, -0.25) is 0 Å². The Morgan fingerprint density at radius 2 is 1.66 bits per heavy atom. The molecule has 0 saturated heterocycles. The van der Waals surface area contributed by atoms with Crippen LogP contribution in [-0.4, -0.2) is 29.6 Å². The van der Waals surface area contributed by atoms with Crippen LogP contribution in [0.3, 0.4) is 0 Å². The zero-order valence-corrected chi connectivity index (χ0v) is 22.4. The highest BCUT2D eigenvalue weighted by atomic mass is 32.2. The summed E-state index contributed by atoms with van der Waals surface area (Å²) in [6.45, 7) is 2.82. The number of para-hydroxylation sites is 1. The number of rotatable bonds is 9. The van der Waals surface area contributed by atoms with Crippen LogP contribution in [0.4, 0.5) is 4.79 Å². The van der Waals surface area contributed by atoms with Gasteiger partial charge in [0, 0.05) is 29.6 Å². The number of carbonyl (C=O) groups excluding carboxylic acids is 1. The predicted molar refractivity (Wildman–Crippen MR) is 148 cm³/mol. The molecule has 8 heteroatoms. The van der Waals surface area contributed by atoms with Gasteiger partial charge in [-0.2, -0.15) is 4.31 Å². The maximum absolute atomic E-state index is 13.9. The topological polar surface area (TPSA) is 94.6 Å². The molecule has 4 aromatic rings. The molecule has 1 aliphatic heterocycles. The fraction of sp³-hybridized carbons (Fsp3) is 0.300. The summed E-state index contributed by atoms with van der Waals surface area (Å²) in [4.78, 5) is 12.0. The Bertz CT molecular complexity index is 1530. The number of hydrogen-bond donors (Lipinski definition) is 1. The molecule has 198 valence electrons. The van der Waals surface area contributed by atoms with Gasteiger partial charge in [-0.05, 0) is 47.7 Å². The highest BCUT2D eigenvalue weighted by Crippen LogP contribution is 2.36. The maximum Gasteiger partial charge on any atom is 0.406 e. The molecular formula is C30H33N3O4S. The summed E-state index contributed by atoms with van der Waals surface area (Å²) >= 11 is 0. The van der Waals surface area contributed by atoms with Crippen molar-refractivity contribution < 1.29 is 17.9 Å². The number of ether oxygens (including phenoxy) is 1. The van der Waals surface area contributed by atoms with E-state index in [1.165, 1.54) is 4.31 Å². The van der Waals surface area contributed by atoms with E-state index in [1.54, 1.807) is 12.1 Å². The number of sulfonamides is 1. The van der Waals surface area contributed by atoms with Crippen molar-refractivity contribution in [2.75, 3.05) is 0 Å². The summed E-state index contributed by atoms with van der Waals surface area (Å²) in [5.74, 6) is 0. The predicted octanol–water partition coefficient (Wildman–Crippen LogP) is 5.59. The Hall–Kier alpha value is -3.62. The number of aromatic nitrogens is 1. The van der Waals surface area contributed by atoms with E-state index in [0.29, 0.717) is 6.54 Å². The van der Waals surface area contributed by atoms with Crippen LogP contribution in [0.1, 0.15) is 48.6 Å². The molecule has 1 atom stereocenters. The second-order valence-corrected chi connectivity index (χ2v) is 11.7. The zero-order chi connectivity index (χ0) is 26.7. The van der Waals surface area contributed by atoms with E-state index >= 15 is 0 Å². The minimum Gasteiger partial charge on any atom is -0.429 e. The molecule has 3 aromatic carbocycles. The van der Waals surface area contributed by atoms with Crippen LogP contribution in [-0.2, 0) is 40.7 Å². The number of unbranched alkanes of at least 4 members (excludes halogenated alkanes) is 2. The van der Waals surface area contributed by atoms with E-state index < -0.39 is 22.3 Å². The first-order chi connectivity index (χ1) is 18.4. The van der Waals surface area contributed by atoms with E-state index in [9.17, 15) is 13.2 Å². The molecule has 38 heavy (non-hydrogen) atoms. The van der Waals surface area contributed by atoms with Crippen molar-refractivity contribution in [3.63, 3.8) is 0 Å². The lowest BCUT2D eigenvalue weighted by molar-refractivity contribution is 0.0264. The van der Waals surface area contributed by atoms with Gasteiger partial charge in [-0.1, -0.05) is 80.4 Å². The zero-order valence-electron chi connectivity index (χ0n) is 21.5. The average molecular weight is 532 g/mol. The minimum atomic E-state index is -3.98. The molecule has 2 heterocycles. The molecule has 0 saturated carbocycles. The number of benzene rings is 3. The van der Waals surface area contributed by atoms with Gasteiger partial charge in [0.2, 0.25) is 10.0 Å². The SMILES string of the molecule is CCCCCc1ccc(S(=O)(=O)N2Cc3c(c4ccccc4n3Cc3ccccc3)C[C@H]2OC(N)=O)cc1. The van der Waals surface area contributed by atoms with Gasteiger partial charge >= 0.3 is 6.09 Å². The van der Waals surface area contributed by atoms with Crippen LogP contribution in [0, 0.1) is 0 Å². The van der Waals surface area contributed by atoms with Crippen molar-refractivity contribution in [3.8, 4) is 0 Å². The third-order valence-electron chi connectivity index (χ3n) is 7.23. The summed E-state index contributed by atoms with van der Waals surface area (Å²) in [5.41, 5.74) is 10.5. The number of nitrogens with two attached hydrogens (primary N) is 1. The van der Waals surface area contributed by atoms with Gasteiger partial charge in [-0.15, -0.1) is 0 Å². The van der Waals surface area contributed by atoms with E-state index in [2.05, 4.69) is 23.6 Å². The van der Waals surface area contributed by atoms with Gasteiger partial charge < -0.3 is 15.0 Å². The Balaban J connectivity index is 1.54. The van der Waals surface area contributed by atoms with E-state index in [-0.39, 0.29) is 17.9 Å². The molecule has 0 fully saturated rings. The van der Waals surface area contributed by atoms with Gasteiger partial charge in [0.1, 0.15) is 0 Å². The lowest BCUT2D eigenvalue weighted by atomic mass is 10.0. The lowest BCUT2D eigenvalue weighted by Crippen LogP contribution is -2.47. The van der Waals surface area contributed by atoms with Gasteiger partial charge in [0.25, 0.3) is 0 Å². The summed E-state index contributed by atoms with van der Waals surface area (Å²) in [6.07, 6.45) is 2.43. The van der Waals surface area contributed by atoms with Gasteiger partial charge in [0.05, 0.1) is 11.4 Å². The third kappa shape index (κ3) is 5.19. The number of primary amides is 1. The van der Waals surface area contributed by atoms with Crippen molar-refractivity contribution >= 4 is 27.0 Å². The molecule has 0 aliphatic carbocycles. The first-order valence-corrected chi connectivity index (χ1v) is 14.5. The molecule has 0 spiro atoms. The summed E-state index contributed by atoms with van der Waals surface area (Å²) in [6, 6.07) is 25.1. The molecule has 0 radical (unpaired) electrons. The monoisotopic (exact) mass is 531 g/mol. The molecule has 0 unspecified atom stereocenters. The van der Waals surface area contributed by atoms with E-state index in [0.717, 1.165) is 59.0 Å². The first-order valence-electron chi connectivity index (χ1n) is 13.1. The fourth-order valence-electron chi connectivity index (χ4n) is 5.33. The summed E-state index contributed by atoms with van der Waals surface area (Å²) in [5, 5.41) is 1.02. The molecule has 0 bridgehead atoms. The van der Waals surface area contributed by atoms with Crippen LogP contribution >= 0.6 is 0 Å². The smallest absolute Gasteiger partial charge is 0.406 e. The highest BCUT2D eigenvalue weighted by Gasteiger charge is 2.40. The molecular weight excluding hydrogens is 498 g/mol. The molecule has 5 rings (SSSR count). The Morgan fingerprint density at radius 3 is 2.37 bits per heavy atom. The Morgan fingerprint density at radius 1 is 0.947 bits per heavy atom. The van der Waals surface area contributed by atoms with E-state index in [1.807, 2.05) is 54.6 Å². The quantitative estimate of drug-likeness (QED) is 0.285. The Labute approximate surface area is 223 Å². The molecule has 2 N–H and O–H groups in total. The lowest BCUT2D eigenvalue weighted by Gasteiger charge is -2.34.